The lowest BCUT2D eigenvalue weighted by Crippen LogP contribution is -2.36. The number of hydrogen-bond acceptors (Lipinski definition) is 3. The standard InChI is InChI=1S/C26H27N3O2/c30-25(27-19-24(29-17-7-8-18-29)20-9-3-1-4-10-20)22-13-15-23(16-14-22)28-26(31)21-11-5-2-6-12-21/h1-6,9-16,24H,7-8,17-19H2,(H,27,30)(H,28,31). The third-order valence-electron chi connectivity index (χ3n) is 5.66. The molecule has 0 spiro atoms. The molecule has 31 heavy (non-hydrogen) atoms. The largest absolute Gasteiger partial charge is 0.350 e. The molecule has 158 valence electrons. The summed E-state index contributed by atoms with van der Waals surface area (Å²) < 4.78 is 0. The first kappa shape index (κ1) is 20.8. The second-order valence-electron chi connectivity index (χ2n) is 7.78. The summed E-state index contributed by atoms with van der Waals surface area (Å²) in [4.78, 5) is 27.5. The van der Waals surface area contributed by atoms with Crippen LogP contribution in [0.2, 0.25) is 0 Å². The molecule has 3 aromatic rings. The fraction of sp³-hybridized carbons (Fsp3) is 0.231. The predicted octanol–water partition coefficient (Wildman–Crippen LogP) is 4.51. The number of anilines is 1. The van der Waals surface area contributed by atoms with Gasteiger partial charge in [0.1, 0.15) is 0 Å². The number of amides is 2. The Morgan fingerprint density at radius 1 is 0.742 bits per heavy atom. The van der Waals surface area contributed by atoms with E-state index in [4.69, 9.17) is 0 Å². The molecule has 0 radical (unpaired) electrons. The summed E-state index contributed by atoms with van der Waals surface area (Å²) >= 11 is 0. The van der Waals surface area contributed by atoms with Gasteiger partial charge < -0.3 is 10.6 Å². The van der Waals surface area contributed by atoms with E-state index in [1.165, 1.54) is 18.4 Å². The lowest BCUT2D eigenvalue weighted by Gasteiger charge is -2.28. The Hall–Kier alpha value is -3.44. The minimum Gasteiger partial charge on any atom is -0.350 e. The number of carbonyl (C=O) groups excluding carboxylic acids is 2. The van der Waals surface area contributed by atoms with E-state index >= 15 is 0 Å². The van der Waals surface area contributed by atoms with E-state index in [0.717, 1.165) is 13.1 Å². The maximum atomic E-state index is 12.7. The van der Waals surface area contributed by atoms with Gasteiger partial charge in [-0.05, 0) is 67.9 Å². The summed E-state index contributed by atoms with van der Waals surface area (Å²) in [7, 11) is 0. The molecule has 0 saturated carbocycles. The van der Waals surface area contributed by atoms with Crippen molar-refractivity contribution in [3.63, 3.8) is 0 Å². The zero-order valence-corrected chi connectivity index (χ0v) is 17.5. The molecular formula is C26H27N3O2. The highest BCUT2D eigenvalue weighted by Crippen LogP contribution is 2.24. The van der Waals surface area contributed by atoms with Gasteiger partial charge in [-0.3, -0.25) is 14.5 Å². The van der Waals surface area contributed by atoms with Gasteiger partial charge in [0.05, 0.1) is 6.04 Å². The Bertz CT molecular complexity index is 998. The van der Waals surface area contributed by atoms with Gasteiger partial charge in [0.15, 0.2) is 0 Å². The van der Waals surface area contributed by atoms with Crippen LogP contribution < -0.4 is 10.6 Å². The van der Waals surface area contributed by atoms with Crippen LogP contribution in [0.1, 0.15) is 45.2 Å². The second kappa shape index (κ2) is 10.0. The third-order valence-corrected chi connectivity index (χ3v) is 5.66. The van der Waals surface area contributed by atoms with Gasteiger partial charge >= 0.3 is 0 Å². The molecule has 0 aliphatic carbocycles. The van der Waals surface area contributed by atoms with E-state index in [2.05, 4.69) is 27.7 Å². The fourth-order valence-corrected chi connectivity index (χ4v) is 3.98. The normalized spacial score (nSPS) is 14.7. The molecule has 1 aliphatic rings. The number of carbonyl (C=O) groups is 2. The minimum atomic E-state index is -0.172. The van der Waals surface area contributed by atoms with Crippen LogP contribution in [0.3, 0.4) is 0 Å². The van der Waals surface area contributed by atoms with Gasteiger partial charge in [-0.25, -0.2) is 0 Å². The Morgan fingerprint density at radius 3 is 1.97 bits per heavy atom. The SMILES string of the molecule is O=C(NCC(c1ccccc1)N1CCCC1)c1ccc(NC(=O)c2ccccc2)cc1. The van der Waals surface area contributed by atoms with Gasteiger partial charge in [0.25, 0.3) is 11.8 Å². The smallest absolute Gasteiger partial charge is 0.255 e. The van der Waals surface area contributed by atoms with Crippen molar-refractivity contribution in [2.24, 2.45) is 0 Å². The molecule has 1 aliphatic heterocycles. The highest BCUT2D eigenvalue weighted by Gasteiger charge is 2.24. The van der Waals surface area contributed by atoms with E-state index in [9.17, 15) is 9.59 Å². The average molecular weight is 414 g/mol. The van der Waals surface area contributed by atoms with E-state index in [0.29, 0.717) is 23.4 Å². The molecule has 5 nitrogen and oxygen atoms in total. The van der Waals surface area contributed by atoms with Crippen molar-refractivity contribution >= 4 is 17.5 Å². The summed E-state index contributed by atoms with van der Waals surface area (Å²) in [6.45, 7) is 2.69. The Labute approximate surface area is 183 Å². The van der Waals surface area contributed by atoms with Crippen LogP contribution in [0, 0.1) is 0 Å². The molecule has 5 heteroatoms. The van der Waals surface area contributed by atoms with Crippen molar-refractivity contribution in [2.45, 2.75) is 18.9 Å². The maximum absolute atomic E-state index is 12.7. The molecule has 1 atom stereocenters. The highest BCUT2D eigenvalue weighted by molar-refractivity contribution is 6.04. The number of benzene rings is 3. The van der Waals surface area contributed by atoms with Gasteiger partial charge in [-0.2, -0.15) is 0 Å². The molecule has 1 fully saturated rings. The van der Waals surface area contributed by atoms with Gasteiger partial charge in [-0.1, -0.05) is 48.5 Å². The molecule has 4 rings (SSSR count). The average Bonchev–Trinajstić information content (AvgIpc) is 3.35. The predicted molar refractivity (Wildman–Crippen MR) is 123 cm³/mol. The fourth-order valence-electron chi connectivity index (χ4n) is 3.98. The zero-order valence-electron chi connectivity index (χ0n) is 17.5. The molecule has 2 N–H and O–H groups in total. The quantitative estimate of drug-likeness (QED) is 0.599. The van der Waals surface area contributed by atoms with Crippen LogP contribution in [0.25, 0.3) is 0 Å². The summed E-state index contributed by atoms with van der Waals surface area (Å²) in [5.41, 5.74) is 3.05. The number of hydrogen-bond donors (Lipinski definition) is 2. The summed E-state index contributed by atoms with van der Waals surface area (Å²) in [5, 5.41) is 5.95. The summed E-state index contributed by atoms with van der Waals surface area (Å²) in [6.07, 6.45) is 2.40. The monoisotopic (exact) mass is 413 g/mol. The van der Waals surface area contributed by atoms with Gasteiger partial charge in [0, 0.05) is 23.4 Å². The molecule has 3 aromatic carbocycles. The molecular weight excluding hydrogens is 386 g/mol. The third kappa shape index (κ3) is 5.38. The van der Waals surface area contributed by atoms with E-state index < -0.39 is 0 Å². The lowest BCUT2D eigenvalue weighted by molar-refractivity contribution is 0.0937. The Morgan fingerprint density at radius 2 is 1.32 bits per heavy atom. The Balaban J connectivity index is 1.37. The van der Waals surface area contributed by atoms with Crippen molar-refractivity contribution in [1.82, 2.24) is 10.2 Å². The number of rotatable bonds is 7. The van der Waals surface area contributed by atoms with Crippen molar-refractivity contribution in [3.8, 4) is 0 Å². The second-order valence-corrected chi connectivity index (χ2v) is 7.78. The zero-order chi connectivity index (χ0) is 21.5. The van der Waals surface area contributed by atoms with E-state index in [1.807, 2.05) is 36.4 Å². The number of nitrogens with one attached hydrogen (secondary N) is 2. The molecule has 0 bridgehead atoms. The topological polar surface area (TPSA) is 61.4 Å². The first-order valence-electron chi connectivity index (χ1n) is 10.7. The molecule has 1 saturated heterocycles. The number of likely N-dealkylation sites (tertiary alicyclic amines) is 1. The Kier molecular flexibility index (Phi) is 6.75. The van der Waals surface area contributed by atoms with Crippen LogP contribution in [0.5, 0.6) is 0 Å². The molecule has 1 heterocycles. The first-order chi connectivity index (χ1) is 15.2. The van der Waals surface area contributed by atoms with Crippen LogP contribution >= 0.6 is 0 Å². The van der Waals surface area contributed by atoms with Crippen molar-refractivity contribution < 1.29 is 9.59 Å². The highest BCUT2D eigenvalue weighted by atomic mass is 16.2. The molecule has 2 amide bonds. The molecule has 0 aromatic heterocycles. The van der Waals surface area contributed by atoms with Crippen molar-refractivity contribution in [2.75, 3.05) is 25.0 Å². The summed E-state index contributed by atoms with van der Waals surface area (Å²) in [5.74, 6) is -0.282. The van der Waals surface area contributed by atoms with E-state index in [1.54, 1.807) is 36.4 Å². The van der Waals surface area contributed by atoms with E-state index in [-0.39, 0.29) is 17.9 Å². The van der Waals surface area contributed by atoms with Crippen LogP contribution in [-0.4, -0.2) is 36.3 Å². The summed E-state index contributed by atoms with van der Waals surface area (Å²) in [6, 6.07) is 26.6. The maximum Gasteiger partial charge on any atom is 0.255 e. The van der Waals surface area contributed by atoms with Crippen LogP contribution in [0.15, 0.2) is 84.9 Å². The minimum absolute atomic E-state index is 0.110. The lowest BCUT2D eigenvalue weighted by atomic mass is 10.1. The first-order valence-corrected chi connectivity index (χ1v) is 10.7. The van der Waals surface area contributed by atoms with Crippen molar-refractivity contribution in [3.05, 3.63) is 102 Å². The molecule has 1 unspecified atom stereocenters. The van der Waals surface area contributed by atoms with Gasteiger partial charge in [-0.15, -0.1) is 0 Å². The van der Waals surface area contributed by atoms with Crippen LogP contribution in [-0.2, 0) is 0 Å². The van der Waals surface area contributed by atoms with Gasteiger partial charge in [0.2, 0.25) is 0 Å². The number of nitrogens with zero attached hydrogens (tertiary/aromatic N) is 1. The van der Waals surface area contributed by atoms with Crippen molar-refractivity contribution in [1.29, 1.82) is 0 Å². The van der Waals surface area contributed by atoms with Crippen LogP contribution in [0.4, 0.5) is 5.69 Å².